The van der Waals surface area contributed by atoms with E-state index in [1.807, 2.05) is 31.2 Å². The Morgan fingerprint density at radius 1 is 1.12 bits per heavy atom. The van der Waals surface area contributed by atoms with Gasteiger partial charge in [0, 0.05) is 17.3 Å². The van der Waals surface area contributed by atoms with E-state index in [1.165, 1.54) is 0 Å². The summed E-state index contributed by atoms with van der Waals surface area (Å²) in [6.45, 7) is 2.32. The van der Waals surface area contributed by atoms with Crippen LogP contribution in [-0.4, -0.2) is 18.9 Å². The van der Waals surface area contributed by atoms with Crippen molar-refractivity contribution in [2.75, 3.05) is 12.4 Å². The van der Waals surface area contributed by atoms with E-state index in [1.54, 1.807) is 25.3 Å². The average Bonchev–Trinajstić information content (AvgIpc) is 3.43. The highest BCUT2D eigenvalue weighted by atomic mass is 35.5. The molecule has 1 fully saturated rings. The zero-order chi connectivity index (χ0) is 18.7. The Hall–Kier alpha value is -2.53. The number of anilines is 1. The monoisotopic (exact) mass is 372 g/mol. The highest BCUT2D eigenvalue weighted by Gasteiger charge is 2.47. The Bertz CT molecular complexity index is 820. The molecule has 5 nitrogen and oxygen atoms in total. The Kier molecular flexibility index (Phi) is 5.47. The van der Waals surface area contributed by atoms with Gasteiger partial charge in [0.05, 0.1) is 18.9 Å². The van der Waals surface area contributed by atoms with Crippen LogP contribution in [0.3, 0.4) is 0 Å². The van der Waals surface area contributed by atoms with Gasteiger partial charge in [-0.2, -0.15) is 0 Å². The third-order valence-electron chi connectivity index (χ3n) is 4.54. The van der Waals surface area contributed by atoms with Crippen molar-refractivity contribution in [1.82, 2.24) is 5.32 Å². The smallest absolute Gasteiger partial charge is 0.228 e. The lowest BCUT2D eigenvalue weighted by Crippen LogP contribution is -2.27. The van der Waals surface area contributed by atoms with Crippen LogP contribution < -0.4 is 15.4 Å². The minimum atomic E-state index is -0.277. The summed E-state index contributed by atoms with van der Waals surface area (Å²) in [5.41, 5.74) is 2.60. The molecule has 6 heteroatoms. The van der Waals surface area contributed by atoms with E-state index in [2.05, 4.69) is 10.6 Å². The molecule has 0 aromatic heterocycles. The summed E-state index contributed by atoms with van der Waals surface area (Å²) in [4.78, 5) is 24.6. The molecule has 26 heavy (non-hydrogen) atoms. The Morgan fingerprint density at radius 2 is 1.81 bits per heavy atom. The standard InChI is InChI=1S/C20H21ClN2O3/c1-12-9-14(21)5-8-18(12)23-20(25)17-10-16(17)19(24)22-11-13-3-6-15(26-2)7-4-13/h3-9,16-17H,10-11H2,1-2H3,(H,22,24)(H,23,25). The van der Waals surface area contributed by atoms with Crippen molar-refractivity contribution < 1.29 is 14.3 Å². The summed E-state index contributed by atoms with van der Waals surface area (Å²) in [6, 6.07) is 12.8. The molecule has 1 saturated carbocycles. The lowest BCUT2D eigenvalue weighted by molar-refractivity contribution is -0.125. The van der Waals surface area contributed by atoms with Crippen LogP contribution in [-0.2, 0) is 16.1 Å². The van der Waals surface area contributed by atoms with Gasteiger partial charge in [-0.05, 0) is 54.8 Å². The van der Waals surface area contributed by atoms with Crippen molar-refractivity contribution in [3.05, 3.63) is 58.6 Å². The zero-order valence-electron chi connectivity index (χ0n) is 14.7. The summed E-state index contributed by atoms with van der Waals surface area (Å²) in [6.07, 6.45) is 0.576. The normalized spacial score (nSPS) is 18.1. The molecule has 136 valence electrons. The van der Waals surface area contributed by atoms with Gasteiger partial charge >= 0.3 is 0 Å². The van der Waals surface area contributed by atoms with Crippen LogP contribution in [0.4, 0.5) is 5.69 Å². The molecule has 2 aromatic rings. The fraction of sp³-hybridized carbons (Fsp3) is 0.300. The lowest BCUT2D eigenvalue weighted by Gasteiger charge is -2.09. The molecule has 2 atom stereocenters. The molecule has 2 N–H and O–H groups in total. The number of amides is 2. The molecule has 0 radical (unpaired) electrons. The van der Waals surface area contributed by atoms with Gasteiger partial charge in [0.1, 0.15) is 5.75 Å². The number of rotatable bonds is 6. The van der Waals surface area contributed by atoms with Gasteiger partial charge < -0.3 is 15.4 Å². The van der Waals surface area contributed by atoms with Crippen LogP contribution in [0, 0.1) is 18.8 Å². The predicted molar refractivity (Wildman–Crippen MR) is 101 cm³/mol. The second-order valence-corrected chi connectivity index (χ2v) is 6.90. The van der Waals surface area contributed by atoms with Crippen LogP contribution in [0.2, 0.25) is 5.02 Å². The van der Waals surface area contributed by atoms with E-state index >= 15 is 0 Å². The molecule has 0 spiro atoms. The van der Waals surface area contributed by atoms with E-state index in [-0.39, 0.29) is 23.7 Å². The van der Waals surface area contributed by atoms with E-state index in [4.69, 9.17) is 16.3 Å². The van der Waals surface area contributed by atoms with E-state index in [9.17, 15) is 9.59 Å². The molecular weight excluding hydrogens is 352 g/mol. The van der Waals surface area contributed by atoms with Crippen LogP contribution in [0.1, 0.15) is 17.5 Å². The SMILES string of the molecule is COc1ccc(CNC(=O)C2CC2C(=O)Nc2ccc(Cl)cc2C)cc1. The zero-order valence-corrected chi connectivity index (χ0v) is 15.5. The first-order valence-corrected chi connectivity index (χ1v) is 8.83. The molecule has 0 saturated heterocycles. The van der Waals surface area contributed by atoms with Crippen LogP contribution in [0.15, 0.2) is 42.5 Å². The molecule has 2 aromatic carbocycles. The van der Waals surface area contributed by atoms with Gasteiger partial charge in [-0.1, -0.05) is 23.7 Å². The number of nitrogens with one attached hydrogen (secondary N) is 2. The van der Waals surface area contributed by atoms with Gasteiger partial charge in [0.15, 0.2) is 0 Å². The summed E-state index contributed by atoms with van der Waals surface area (Å²) in [5.74, 6) is 0.0205. The van der Waals surface area contributed by atoms with Gasteiger partial charge in [-0.3, -0.25) is 9.59 Å². The highest BCUT2D eigenvalue weighted by molar-refractivity contribution is 6.30. The third kappa shape index (κ3) is 4.35. The number of halogens is 1. The Labute approximate surface area is 157 Å². The number of methoxy groups -OCH3 is 1. The maximum Gasteiger partial charge on any atom is 0.228 e. The van der Waals surface area contributed by atoms with Gasteiger partial charge in [0.2, 0.25) is 11.8 Å². The topological polar surface area (TPSA) is 67.4 Å². The minimum Gasteiger partial charge on any atom is -0.497 e. The fourth-order valence-electron chi connectivity index (χ4n) is 2.83. The quantitative estimate of drug-likeness (QED) is 0.814. The number of hydrogen-bond donors (Lipinski definition) is 2. The molecule has 1 aliphatic carbocycles. The van der Waals surface area contributed by atoms with Gasteiger partial charge in [0.25, 0.3) is 0 Å². The summed E-state index contributed by atoms with van der Waals surface area (Å²) in [7, 11) is 1.61. The van der Waals surface area contributed by atoms with Crippen LogP contribution >= 0.6 is 11.6 Å². The summed E-state index contributed by atoms with van der Waals surface area (Å²) < 4.78 is 5.11. The van der Waals surface area contributed by atoms with Crippen molar-refractivity contribution in [2.45, 2.75) is 19.9 Å². The van der Waals surface area contributed by atoms with Gasteiger partial charge in [-0.15, -0.1) is 0 Å². The minimum absolute atomic E-state index is 0.0891. The van der Waals surface area contributed by atoms with Gasteiger partial charge in [-0.25, -0.2) is 0 Å². The van der Waals surface area contributed by atoms with Crippen molar-refractivity contribution in [3.63, 3.8) is 0 Å². The Morgan fingerprint density at radius 3 is 2.46 bits per heavy atom. The maximum atomic E-state index is 12.3. The number of aryl methyl sites for hydroxylation is 1. The Balaban J connectivity index is 1.49. The largest absolute Gasteiger partial charge is 0.497 e. The molecule has 2 unspecified atom stereocenters. The number of benzene rings is 2. The first kappa shape index (κ1) is 18.3. The number of ether oxygens (including phenoxy) is 1. The molecule has 3 rings (SSSR count). The van der Waals surface area contributed by atoms with Crippen molar-refractivity contribution in [2.24, 2.45) is 11.8 Å². The van der Waals surface area contributed by atoms with E-state index in [0.29, 0.717) is 18.0 Å². The molecule has 1 aliphatic rings. The first-order chi connectivity index (χ1) is 12.5. The molecule has 2 amide bonds. The van der Waals surface area contributed by atoms with Crippen molar-refractivity contribution in [3.8, 4) is 5.75 Å². The van der Waals surface area contributed by atoms with E-state index < -0.39 is 0 Å². The molecule has 0 aliphatic heterocycles. The summed E-state index contributed by atoms with van der Waals surface area (Å²) in [5, 5.41) is 6.40. The molecule has 0 heterocycles. The molecule has 0 bridgehead atoms. The van der Waals surface area contributed by atoms with Crippen LogP contribution in [0.5, 0.6) is 5.75 Å². The predicted octanol–water partition coefficient (Wildman–Crippen LogP) is 3.55. The molecular formula is C20H21ClN2O3. The second-order valence-electron chi connectivity index (χ2n) is 6.46. The maximum absolute atomic E-state index is 12.3. The summed E-state index contributed by atoms with van der Waals surface area (Å²) >= 11 is 5.92. The first-order valence-electron chi connectivity index (χ1n) is 8.45. The van der Waals surface area contributed by atoms with Crippen LogP contribution in [0.25, 0.3) is 0 Å². The number of carbonyl (C=O) groups is 2. The lowest BCUT2D eigenvalue weighted by atomic mass is 10.2. The van der Waals surface area contributed by atoms with Crippen molar-refractivity contribution in [1.29, 1.82) is 0 Å². The fourth-order valence-corrected chi connectivity index (χ4v) is 3.06. The third-order valence-corrected chi connectivity index (χ3v) is 4.77. The second kappa shape index (κ2) is 7.79. The average molecular weight is 373 g/mol. The number of carbonyl (C=O) groups excluding carboxylic acids is 2. The van der Waals surface area contributed by atoms with Crippen molar-refractivity contribution >= 4 is 29.1 Å². The number of hydrogen-bond acceptors (Lipinski definition) is 3. The van der Waals surface area contributed by atoms with E-state index in [0.717, 1.165) is 22.6 Å². The highest BCUT2D eigenvalue weighted by Crippen LogP contribution is 2.39.